The van der Waals surface area contributed by atoms with Gasteiger partial charge in [-0.05, 0) is 32.6 Å². The fourth-order valence-corrected chi connectivity index (χ4v) is 2.63. The summed E-state index contributed by atoms with van der Waals surface area (Å²) >= 11 is 0. The molecule has 3 heteroatoms. The summed E-state index contributed by atoms with van der Waals surface area (Å²) < 4.78 is 5.60. The predicted molar refractivity (Wildman–Crippen MR) is 68.9 cm³/mol. The van der Waals surface area contributed by atoms with Crippen molar-refractivity contribution in [2.75, 3.05) is 0 Å². The molecule has 1 aromatic rings. The maximum Gasteiger partial charge on any atom is 0.208 e. The highest BCUT2D eigenvalue weighted by molar-refractivity contribution is 5.05. The van der Waals surface area contributed by atoms with E-state index in [0.717, 1.165) is 29.8 Å². The lowest BCUT2D eigenvalue weighted by molar-refractivity contribution is 0.335. The molecule has 2 atom stereocenters. The minimum atomic E-state index is 0.630. The summed E-state index contributed by atoms with van der Waals surface area (Å²) in [5.74, 6) is 2.54. The summed E-state index contributed by atoms with van der Waals surface area (Å²) in [5.41, 5.74) is 1.01. The van der Waals surface area contributed by atoms with Crippen LogP contribution in [-0.4, -0.2) is 11.0 Å². The van der Waals surface area contributed by atoms with Crippen LogP contribution in [-0.2, 0) is 6.54 Å². The lowest BCUT2D eigenvalue weighted by atomic mass is 9.97. The second-order valence-corrected chi connectivity index (χ2v) is 5.35. The molecular formula is C14H24N2O. The first-order valence-corrected chi connectivity index (χ1v) is 6.83. The van der Waals surface area contributed by atoms with Gasteiger partial charge < -0.3 is 9.73 Å². The number of aryl methyl sites for hydroxylation is 2. The number of hydrogen-bond donors (Lipinski definition) is 1. The van der Waals surface area contributed by atoms with Crippen molar-refractivity contribution in [3.05, 3.63) is 17.3 Å². The van der Waals surface area contributed by atoms with Crippen molar-refractivity contribution in [1.82, 2.24) is 10.3 Å². The van der Waals surface area contributed by atoms with Crippen molar-refractivity contribution in [3.8, 4) is 0 Å². The zero-order valence-electron chi connectivity index (χ0n) is 11.3. The van der Waals surface area contributed by atoms with Gasteiger partial charge in [0.1, 0.15) is 5.76 Å². The van der Waals surface area contributed by atoms with Crippen LogP contribution in [0.5, 0.6) is 0 Å². The van der Waals surface area contributed by atoms with Crippen LogP contribution >= 0.6 is 0 Å². The fraction of sp³-hybridized carbons (Fsp3) is 0.786. The molecule has 1 heterocycles. The third kappa shape index (κ3) is 3.32. The molecule has 96 valence electrons. The maximum atomic E-state index is 5.60. The van der Waals surface area contributed by atoms with Gasteiger partial charge in [-0.25, -0.2) is 4.98 Å². The topological polar surface area (TPSA) is 38.1 Å². The molecule has 1 fully saturated rings. The molecular weight excluding hydrogens is 212 g/mol. The minimum absolute atomic E-state index is 0.630. The Labute approximate surface area is 104 Å². The number of nitrogens with zero attached hydrogens (tertiary/aromatic N) is 1. The molecule has 0 spiro atoms. The molecule has 17 heavy (non-hydrogen) atoms. The summed E-state index contributed by atoms with van der Waals surface area (Å²) in [6, 6.07) is 0.630. The number of nitrogens with one attached hydrogen (secondary N) is 1. The molecule has 3 nitrogen and oxygen atoms in total. The van der Waals surface area contributed by atoms with Crippen molar-refractivity contribution in [1.29, 1.82) is 0 Å². The van der Waals surface area contributed by atoms with Gasteiger partial charge in [0.15, 0.2) is 0 Å². The molecule has 1 saturated carbocycles. The number of oxazole rings is 1. The van der Waals surface area contributed by atoms with Crippen LogP contribution < -0.4 is 5.32 Å². The number of aromatic nitrogens is 1. The smallest absolute Gasteiger partial charge is 0.208 e. The Morgan fingerprint density at radius 1 is 1.24 bits per heavy atom. The molecule has 1 aromatic heterocycles. The van der Waals surface area contributed by atoms with Crippen LogP contribution in [0.15, 0.2) is 4.42 Å². The zero-order chi connectivity index (χ0) is 12.3. The summed E-state index contributed by atoms with van der Waals surface area (Å²) in [7, 11) is 0. The van der Waals surface area contributed by atoms with Gasteiger partial charge in [-0.2, -0.15) is 0 Å². The minimum Gasteiger partial charge on any atom is -0.444 e. The Kier molecular flexibility index (Phi) is 4.21. The van der Waals surface area contributed by atoms with Crippen molar-refractivity contribution >= 4 is 0 Å². The predicted octanol–water partition coefficient (Wildman–Crippen LogP) is 3.35. The number of hydrogen-bond acceptors (Lipinski definition) is 3. The Morgan fingerprint density at radius 3 is 2.71 bits per heavy atom. The monoisotopic (exact) mass is 236 g/mol. The van der Waals surface area contributed by atoms with Gasteiger partial charge >= 0.3 is 0 Å². The maximum absolute atomic E-state index is 5.60. The number of rotatable bonds is 3. The highest BCUT2D eigenvalue weighted by Gasteiger charge is 2.19. The Bertz CT molecular complexity index is 340. The fourth-order valence-electron chi connectivity index (χ4n) is 2.63. The van der Waals surface area contributed by atoms with Crippen LogP contribution in [0.3, 0.4) is 0 Å². The van der Waals surface area contributed by atoms with E-state index in [2.05, 4.69) is 17.2 Å². The first-order chi connectivity index (χ1) is 8.16. The van der Waals surface area contributed by atoms with Crippen LogP contribution in [0.4, 0.5) is 0 Å². The summed E-state index contributed by atoms with van der Waals surface area (Å²) in [6.45, 7) is 7.09. The van der Waals surface area contributed by atoms with Crippen LogP contribution in [0, 0.1) is 19.8 Å². The van der Waals surface area contributed by atoms with E-state index >= 15 is 0 Å². The third-order valence-corrected chi connectivity index (χ3v) is 3.95. The van der Waals surface area contributed by atoms with Crippen LogP contribution in [0.25, 0.3) is 0 Å². The van der Waals surface area contributed by atoms with Gasteiger partial charge in [0, 0.05) is 6.04 Å². The van der Waals surface area contributed by atoms with Crippen LogP contribution in [0.2, 0.25) is 0 Å². The lowest BCUT2D eigenvalue weighted by Crippen LogP contribution is -2.33. The summed E-state index contributed by atoms with van der Waals surface area (Å²) in [5, 5.41) is 3.61. The van der Waals surface area contributed by atoms with E-state index < -0.39 is 0 Å². The molecule has 0 aliphatic heterocycles. The van der Waals surface area contributed by atoms with E-state index in [9.17, 15) is 0 Å². The van der Waals surface area contributed by atoms with Crippen molar-refractivity contribution in [3.63, 3.8) is 0 Å². The van der Waals surface area contributed by atoms with Gasteiger partial charge in [-0.15, -0.1) is 0 Å². The quantitative estimate of drug-likeness (QED) is 0.818. The molecule has 1 N–H and O–H groups in total. The second-order valence-electron chi connectivity index (χ2n) is 5.35. The Morgan fingerprint density at radius 2 is 2.00 bits per heavy atom. The van der Waals surface area contributed by atoms with E-state index in [1.54, 1.807) is 0 Å². The molecule has 2 unspecified atom stereocenters. The molecule has 0 radical (unpaired) electrons. The highest BCUT2D eigenvalue weighted by Crippen LogP contribution is 2.23. The molecule has 1 aliphatic rings. The molecule has 1 aliphatic carbocycles. The Hall–Kier alpha value is -0.830. The second kappa shape index (κ2) is 5.67. The Balaban J connectivity index is 1.88. The standard InChI is InChI=1S/C14H24N2O/c1-10-7-5-4-6-8-13(10)15-9-14-16-11(2)12(3)17-14/h10,13,15H,4-9H2,1-3H3. The molecule has 0 bridgehead atoms. The van der Waals surface area contributed by atoms with E-state index in [4.69, 9.17) is 4.42 Å². The van der Waals surface area contributed by atoms with Gasteiger partial charge in [-0.3, -0.25) is 0 Å². The van der Waals surface area contributed by atoms with Gasteiger partial charge in [0.05, 0.1) is 12.2 Å². The lowest BCUT2D eigenvalue weighted by Gasteiger charge is -2.22. The van der Waals surface area contributed by atoms with Crippen LogP contribution in [0.1, 0.15) is 56.4 Å². The van der Waals surface area contributed by atoms with E-state index in [1.807, 2.05) is 13.8 Å². The largest absolute Gasteiger partial charge is 0.444 e. The van der Waals surface area contributed by atoms with Crippen molar-refractivity contribution in [2.24, 2.45) is 5.92 Å². The van der Waals surface area contributed by atoms with Gasteiger partial charge in [-0.1, -0.05) is 26.2 Å². The van der Waals surface area contributed by atoms with E-state index in [0.29, 0.717) is 6.04 Å². The van der Waals surface area contributed by atoms with E-state index in [-0.39, 0.29) is 0 Å². The summed E-state index contributed by atoms with van der Waals surface area (Å²) in [6.07, 6.45) is 6.77. The average molecular weight is 236 g/mol. The molecule has 0 aromatic carbocycles. The molecule has 0 saturated heterocycles. The average Bonchev–Trinajstić information content (AvgIpc) is 2.50. The van der Waals surface area contributed by atoms with Gasteiger partial charge in [0.25, 0.3) is 0 Å². The SMILES string of the molecule is Cc1nc(CNC2CCCCCC2C)oc1C. The first kappa shape index (κ1) is 12.6. The third-order valence-electron chi connectivity index (χ3n) is 3.95. The summed E-state index contributed by atoms with van der Waals surface area (Å²) in [4.78, 5) is 4.41. The van der Waals surface area contributed by atoms with Gasteiger partial charge in [0.2, 0.25) is 5.89 Å². The normalized spacial score (nSPS) is 25.8. The van der Waals surface area contributed by atoms with Crippen molar-refractivity contribution < 1.29 is 4.42 Å². The first-order valence-electron chi connectivity index (χ1n) is 6.83. The zero-order valence-corrected chi connectivity index (χ0v) is 11.3. The van der Waals surface area contributed by atoms with E-state index in [1.165, 1.54) is 32.1 Å². The van der Waals surface area contributed by atoms with Crippen molar-refractivity contribution in [2.45, 2.75) is 65.5 Å². The highest BCUT2D eigenvalue weighted by atomic mass is 16.4. The molecule has 2 rings (SSSR count). The molecule has 0 amide bonds.